The first-order valence-corrected chi connectivity index (χ1v) is 4.97. The fraction of sp³-hybridized carbons (Fsp3) is 0.273. The smallest absolute Gasteiger partial charge is 0.212 e. The van der Waals surface area contributed by atoms with Gasteiger partial charge >= 0.3 is 0 Å². The van der Waals surface area contributed by atoms with Crippen LogP contribution in [-0.2, 0) is 13.1 Å². The topological polar surface area (TPSA) is 60.2 Å². The Bertz CT molecular complexity index is 411. The van der Waals surface area contributed by atoms with Crippen LogP contribution in [0, 0.1) is 0 Å². The van der Waals surface area contributed by atoms with Crippen LogP contribution in [0.2, 0.25) is 0 Å². The van der Waals surface area contributed by atoms with Gasteiger partial charge in [0, 0.05) is 24.9 Å². The van der Waals surface area contributed by atoms with Crippen molar-refractivity contribution in [3.05, 3.63) is 41.9 Å². The molecule has 0 atom stereocenters. The highest BCUT2D eigenvalue weighted by molar-refractivity contribution is 5.17. The van der Waals surface area contributed by atoms with Crippen LogP contribution < -0.4 is 10.1 Å². The predicted octanol–water partition coefficient (Wildman–Crippen LogP) is 1.37. The average molecular weight is 219 g/mol. The lowest BCUT2D eigenvalue weighted by Crippen LogP contribution is -2.12. The molecule has 0 unspecified atom stereocenters. The van der Waals surface area contributed by atoms with Gasteiger partial charge in [-0.3, -0.25) is 0 Å². The Morgan fingerprint density at radius 3 is 2.88 bits per heavy atom. The molecule has 2 heterocycles. The molecule has 0 aliphatic rings. The van der Waals surface area contributed by atoms with Gasteiger partial charge in [0.1, 0.15) is 5.76 Å². The van der Waals surface area contributed by atoms with E-state index < -0.39 is 0 Å². The summed E-state index contributed by atoms with van der Waals surface area (Å²) >= 11 is 0. The van der Waals surface area contributed by atoms with Gasteiger partial charge in [-0.1, -0.05) is 11.2 Å². The predicted molar refractivity (Wildman–Crippen MR) is 57.8 cm³/mol. The molecule has 0 saturated carbocycles. The molecule has 0 spiro atoms. The van der Waals surface area contributed by atoms with Crippen molar-refractivity contribution in [2.24, 2.45) is 0 Å². The van der Waals surface area contributed by atoms with Gasteiger partial charge in [-0.2, -0.15) is 0 Å². The van der Waals surface area contributed by atoms with Gasteiger partial charge in [-0.25, -0.2) is 4.98 Å². The highest BCUT2D eigenvalue weighted by Crippen LogP contribution is 2.06. The average Bonchev–Trinajstić information content (AvgIpc) is 2.83. The van der Waals surface area contributed by atoms with Gasteiger partial charge in [0.05, 0.1) is 19.9 Å². The summed E-state index contributed by atoms with van der Waals surface area (Å²) in [6.45, 7) is 1.39. The minimum Gasteiger partial charge on any atom is -0.481 e. The molecule has 0 aliphatic heterocycles. The van der Waals surface area contributed by atoms with Crippen LogP contribution in [0.15, 0.2) is 35.1 Å². The van der Waals surface area contributed by atoms with E-state index in [4.69, 9.17) is 9.26 Å². The van der Waals surface area contributed by atoms with E-state index in [0.717, 1.165) is 17.9 Å². The first kappa shape index (κ1) is 10.6. The lowest BCUT2D eigenvalue weighted by atomic mass is 10.3. The van der Waals surface area contributed by atoms with E-state index in [2.05, 4.69) is 15.5 Å². The quantitative estimate of drug-likeness (QED) is 0.822. The molecule has 5 heteroatoms. The number of ether oxygens (including phenoxy) is 1. The van der Waals surface area contributed by atoms with E-state index in [-0.39, 0.29) is 0 Å². The van der Waals surface area contributed by atoms with Crippen molar-refractivity contribution < 1.29 is 9.26 Å². The molecule has 2 rings (SSSR count). The SMILES string of the molecule is COc1ccc(CNCc2ccno2)cn1. The van der Waals surface area contributed by atoms with Crippen molar-refractivity contribution in [3.63, 3.8) is 0 Å². The van der Waals surface area contributed by atoms with E-state index in [1.54, 1.807) is 19.5 Å². The van der Waals surface area contributed by atoms with Gasteiger partial charge in [0.2, 0.25) is 5.88 Å². The lowest BCUT2D eigenvalue weighted by Gasteiger charge is -2.03. The maximum absolute atomic E-state index is 4.98. The fourth-order valence-corrected chi connectivity index (χ4v) is 1.30. The molecule has 0 saturated heterocycles. The molecule has 0 aromatic carbocycles. The minimum absolute atomic E-state index is 0.624. The lowest BCUT2D eigenvalue weighted by molar-refractivity contribution is 0.372. The van der Waals surface area contributed by atoms with Crippen molar-refractivity contribution in [1.82, 2.24) is 15.5 Å². The first-order valence-electron chi connectivity index (χ1n) is 4.97. The second-order valence-electron chi connectivity index (χ2n) is 3.29. The van der Waals surface area contributed by atoms with E-state index in [1.165, 1.54) is 0 Å². The maximum Gasteiger partial charge on any atom is 0.212 e. The van der Waals surface area contributed by atoms with Crippen molar-refractivity contribution in [1.29, 1.82) is 0 Å². The molecule has 0 bridgehead atoms. The van der Waals surface area contributed by atoms with Crippen LogP contribution in [0.3, 0.4) is 0 Å². The first-order chi connectivity index (χ1) is 7.88. The Morgan fingerprint density at radius 1 is 1.31 bits per heavy atom. The van der Waals surface area contributed by atoms with Crippen molar-refractivity contribution >= 4 is 0 Å². The summed E-state index contributed by atoms with van der Waals surface area (Å²) in [6.07, 6.45) is 3.41. The normalized spacial score (nSPS) is 10.3. The second kappa shape index (κ2) is 5.27. The molecule has 2 aromatic rings. The summed E-state index contributed by atoms with van der Waals surface area (Å²) in [5, 5.41) is 6.85. The van der Waals surface area contributed by atoms with E-state index >= 15 is 0 Å². The van der Waals surface area contributed by atoms with Crippen molar-refractivity contribution in [2.45, 2.75) is 13.1 Å². The van der Waals surface area contributed by atoms with Gasteiger partial charge in [-0.05, 0) is 5.56 Å². The van der Waals surface area contributed by atoms with Crippen LogP contribution in [0.1, 0.15) is 11.3 Å². The number of nitrogens with zero attached hydrogens (tertiary/aromatic N) is 2. The van der Waals surface area contributed by atoms with E-state index in [9.17, 15) is 0 Å². The molecular formula is C11H13N3O2. The van der Waals surface area contributed by atoms with E-state index in [1.807, 2.05) is 18.2 Å². The summed E-state index contributed by atoms with van der Waals surface area (Å²) in [6, 6.07) is 5.64. The van der Waals surface area contributed by atoms with Crippen LogP contribution in [0.5, 0.6) is 5.88 Å². The monoisotopic (exact) mass is 219 g/mol. The van der Waals surface area contributed by atoms with E-state index in [0.29, 0.717) is 12.4 Å². The standard InChI is InChI=1S/C11H13N3O2/c1-15-11-3-2-9(7-13-11)6-12-8-10-4-5-14-16-10/h2-5,7,12H,6,8H2,1H3. The number of hydrogen-bond acceptors (Lipinski definition) is 5. The number of rotatable bonds is 5. The molecule has 5 nitrogen and oxygen atoms in total. The number of pyridine rings is 1. The third kappa shape index (κ3) is 2.80. The third-order valence-electron chi connectivity index (χ3n) is 2.13. The van der Waals surface area contributed by atoms with Crippen LogP contribution in [0.25, 0.3) is 0 Å². The molecule has 84 valence electrons. The molecule has 1 N–H and O–H groups in total. The van der Waals surface area contributed by atoms with Crippen molar-refractivity contribution in [3.8, 4) is 5.88 Å². The van der Waals surface area contributed by atoms with Gasteiger partial charge in [0.15, 0.2) is 0 Å². The third-order valence-corrected chi connectivity index (χ3v) is 2.13. The Hall–Kier alpha value is -1.88. The fourth-order valence-electron chi connectivity index (χ4n) is 1.30. The van der Waals surface area contributed by atoms with Gasteiger partial charge < -0.3 is 14.6 Å². The van der Waals surface area contributed by atoms with Gasteiger partial charge in [-0.15, -0.1) is 0 Å². The summed E-state index contributed by atoms with van der Waals surface area (Å²) in [4.78, 5) is 4.11. The van der Waals surface area contributed by atoms with Crippen LogP contribution in [-0.4, -0.2) is 17.3 Å². The molecule has 16 heavy (non-hydrogen) atoms. The molecule has 0 amide bonds. The highest BCUT2D eigenvalue weighted by atomic mass is 16.5. The summed E-state index contributed by atoms with van der Waals surface area (Å²) in [7, 11) is 1.60. The molecule has 0 radical (unpaired) electrons. The zero-order chi connectivity index (χ0) is 11.2. The Balaban J connectivity index is 1.81. The van der Waals surface area contributed by atoms with Crippen LogP contribution >= 0.6 is 0 Å². The molecule has 0 aliphatic carbocycles. The number of nitrogens with one attached hydrogen (secondary N) is 1. The summed E-state index contributed by atoms with van der Waals surface area (Å²) in [5.41, 5.74) is 1.10. The Labute approximate surface area is 93.4 Å². The molecular weight excluding hydrogens is 206 g/mol. The number of aromatic nitrogens is 2. The highest BCUT2D eigenvalue weighted by Gasteiger charge is 1.98. The maximum atomic E-state index is 4.98. The van der Waals surface area contributed by atoms with Gasteiger partial charge in [0.25, 0.3) is 0 Å². The summed E-state index contributed by atoms with van der Waals surface area (Å²) < 4.78 is 9.94. The zero-order valence-corrected chi connectivity index (χ0v) is 9.01. The molecule has 2 aromatic heterocycles. The second-order valence-corrected chi connectivity index (χ2v) is 3.29. The Morgan fingerprint density at radius 2 is 2.25 bits per heavy atom. The molecule has 0 fully saturated rings. The number of hydrogen-bond donors (Lipinski definition) is 1. The summed E-state index contributed by atoms with van der Waals surface area (Å²) in [5.74, 6) is 1.44. The Kier molecular flexibility index (Phi) is 3.50. The zero-order valence-electron chi connectivity index (χ0n) is 9.01. The van der Waals surface area contributed by atoms with Crippen LogP contribution in [0.4, 0.5) is 0 Å². The number of methoxy groups -OCH3 is 1. The minimum atomic E-state index is 0.624. The van der Waals surface area contributed by atoms with Crippen molar-refractivity contribution in [2.75, 3.05) is 7.11 Å². The largest absolute Gasteiger partial charge is 0.481 e.